The van der Waals surface area contributed by atoms with Crippen LogP contribution in [0.1, 0.15) is 18.4 Å². The van der Waals surface area contributed by atoms with Crippen LogP contribution in [0.3, 0.4) is 0 Å². The van der Waals surface area contributed by atoms with Crippen molar-refractivity contribution in [2.45, 2.75) is 30.7 Å². The fourth-order valence-electron chi connectivity index (χ4n) is 5.05. The molecule has 0 aromatic heterocycles. The van der Waals surface area contributed by atoms with Crippen molar-refractivity contribution < 1.29 is 38.4 Å². The van der Waals surface area contributed by atoms with Crippen LogP contribution in [-0.2, 0) is 23.8 Å². The fraction of sp³-hybridized carbons (Fsp3) is 0.500. The molecule has 4 aliphatic heterocycles. The molecule has 1 N–H and O–H groups in total. The summed E-state index contributed by atoms with van der Waals surface area (Å²) in [5.41, 5.74) is -0.739. The van der Waals surface area contributed by atoms with Crippen LogP contribution in [0.4, 0.5) is 0 Å². The minimum atomic E-state index is -0.960. The van der Waals surface area contributed by atoms with E-state index >= 15 is 0 Å². The van der Waals surface area contributed by atoms with Crippen LogP contribution in [0.25, 0.3) is 6.08 Å². The highest BCUT2D eigenvalue weighted by Gasteiger charge is 2.77. The van der Waals surface area contributed by atoms with Crippen LogP contribution < -0.4 is 9.47 Å². The van der Waals surface area contributed by atoms with Crippen LogP contribution in [0.5, 0.6) is 17.2 Å². The summed E-state index contributed by atoms with van der Waals surface area (Å²) < 4.78 is 27.8. The van der Waals surface area contributed by atoms with Gasteiger partial charge in [-0.2, -0.15) is 0 Å². The van der Waals surface area contributed by atoms with Crippen molar-refractivity contribution in [1.82, 2.24) is 0 Å². The summed E-state index contributed by atoms with van der Waals surface area (Å²) in [6.07, 6.45) is 1.13. The summed E-state index contributed by atoms with van der Waals surface area (Å²) in [6.45, 7) is 0.435. The van der Waals surface area contributed by atoms with E-state index in [9.17, 15) is 14.7 Å². The molecule has 2 bridgehead atoms. The van der Waals surface area contributed by atoms with Crippen molar-refractivity contribution in [2.24, 2.45) is 5.41 Å². The molecule has 4 fully saturated rings. The number of fused-ring (bicyclic) bond motifs is 1. The zero-order valence-electron chi connectivity index (χ0n) is 15.5. The van der Waals surface area contributed by atoms with Gasteiger partial charge in [-0.3, -0.25) is 9.59 Å². The summed E-state index contributed by atoms with van der Waals surface area (Å²) in [4.78, 5) is 25.7. The standard InChI is InChI=1S/C20H20O8/c1-24-12-6-10(7-13(25-2)16(12)22)5-11-15(21)14-8-19-3-4-26-17(11)20(19,28-14)9-27-18(19)23/h5-7,14,17,22H,3-4,8-9H2,1-2H3/t14?,17-,19+,20+/m0/s1. The molecule has 0 aliphatic carbocycles. The summed E-state index contributed by atoms with van der Waals surface area (Å²) >= 11 is 0. The largest absolute Gasteiger partial charge is 0.502 e. The molecule has 0 radical (unpaired) electrons. The van der Waals surface area contributed by atoms with Gasteiger partial charge in [-0.05, 0) is 30.2 Å². The van der Waals surface area contributed by atoms with Gasteiger partial charge in [0.05, 0.1) is 14.2 Å². The predicted octanol–water partition coefficient (Wildman–Crippen LogP) is 1.24. The van der Waals surface area contributed by atoms with Crippen LogP contribution in [0.2, 0.25) is 0 Å². The highest BCUT2D eigenvalue weighted by atomic mass is 16.6. The molecule has 4 saturated heterocycles. The third-order valence-corrected chi connectivity index (χ3v) is 6.43. The quantitative estimate of drug-likeness (QED) is 0.610. The van der Waals surface area contributed by atoms with Crippen molar-refractivity contribution in [1.29, 1.82) is 0 Å². The van der Waals surface area contributed by atoms with Gasteiger partial charge >= 0.3 is 5.97 Å². The second-order valence-electron chi connectivity index (χ2n) is 7.60. The van der Waals surface area contributed by atoms with Crippen LogP contribution in [-0.4, -0.2) is 62.1 Å². The maximum Gasteiger partial charge on any atom is 0.315 e. The molecule has 148 valence electrons. The zero-order valence-corrected chi connectivity index (χ0v) is 15.5. The van der Waals surface area contributed by atoms with Gasteiger partial charge in [0.2, 0.25) is 5.75 Å². The number of benzene rings is 1. The number of ether oxygens (including phenoxy) is 5. The van der Waals surface area contributed by atoms with E-state index in [0.29, 0.717) is 30.6 Å². The molecule has 1 aromatic rings. The third-order valence-electron chi connectivity index (χ3n) is 6.43. The maximum absolute atomic E-state index is 13.1. The molecule has 1 aromatic carbocycles. The van der Waals surface area contributed by atoms with Gasteiger partial charge < -0.3 is 28.8 Å². The summed E-state index contributed by atoms with van der Waals surface area (Å²) in [7, 11) is 2.87. The average molecular weight is 388 g/mol. The van der Waals surface area contributed by atoms with E-state index in [2.05, 4.69) is 0 Å². The molecule has 4 heterocycles. The number of hydrogen-bond donors (Lipinski definition) is 1. The number of hydrogen-bond acceptors (Lipinski definition) is 8. The molecular weight excluding hydrogens is 368 g/mol. The van der Waals surface area contributed by atoms with Gasteiger partial charge in [0.15, 0.2) is 17.3 Å². The normalized spacial score (nSPS) is 37.0. The van der Waals surface area contributed by atoms with Crippen molar-refractivity contribution in [3.8, 4) is 17.2 Å². The predicted molar refractivity (Wildman–Crippen MR) is 94.2 cm³/mol. The number of Topliss-reactive ketones (excluding diaryl/α,β-unsaturated/α-hetero) is 1. The number of esters is 1. The molecular formula is C20H20O8. The third kappa shape index (κ3) is 1.96. The Kier molecular flexibility index (Phi) is 3.57. The number of ketones is 1. The molecule has 1 unspecified atom stereocenters. The van der Waals surface area contributed by atoms with E-state index in [1.54, 1.807) is 18.2 Å². The Bertz CT molecular complexity index is 896. The first-order chi connectivity index (χ1) is 13.5. The summed E-state index contributed by atoms with van der Waals surface area (Å²) in [5.74, 6) is -0.155. The van der Waals surface area contributed by atoms with E-state index in [1.807, 2.05) is 0 Å². The van der Waals surface area contributed by atoms with Crippen LogP contribution in [0.15, 0.2) is 17.7 Å². The lowest BCUT2D eigenvalue weighted by atomic mass is 9.67. The second-order valence-corrected chi connectivity index (χ2v) is 7.60. The van der Waals surface area contributed by atoms with Crippen molar-refractivity contribution >= 4 is 17.8 Å². The lowest BCUT2D eigenvalue weighted by molar-refractivity contribution is -0.197. The molecule has 8 nitrogen and oxygen atoms in total. The van der Waals surface area contributed by atoms with Gasteiger partial charge in [-0.15, -0.1) is 0 Å². The first kappa shape index (κ1) is 17.5. The minimum Gasteiger partial charge on any atom is -0.502 e. The number of phenolic OH excluding ortho intramolecular Hbond substituents is 1. The Balaban J connectivity index is 1.64. The van der Waals surface area contributed by atoms with Crippen molar-refractivity contribution in [3.05, 3.63) is 23.3 Å². The number of phenols is 1. The van der Waals surface area contributed by atoms with Gasteiger partial charge in [-0.25, -0.2) is 0 Å². The van der Waals surface area contributed by atoms with Gasteiger partial charge in [0.25, 0.3) is 0 Å². The Morgan fingerprint density at radius 1 is 1.21 bits per heavy atom. The molecule has 4 aliphatic rings. The molecule has 1 spiro atoms. The Morgan fingerprint density at radius 2 is 1.93 bits per heavy atom. The highest BCUT2D eigenvalue weighted by molar-refractivity contribution is 6.06. The van der Waals surface area contributed by atoms with Crippen molar-refractivity contribution in [3.63, 3.8) is 0 Å². The fourth-order valence-corrected chi connectivity index (χ4v) is 5.05. The second kappa shape index (κ2) is 5.71. The van der Waals surface area contributed by atoms with Gasteiger partial charge in [0, 0.05) is 18.6 Å². The molecule has 28 heavy (non-hydrogen) atoms. The van der Waals surface area contributed by atoms with Gasteiger partial charge in [-0.1, -0.05) is 0 Å². The molecule has 8 heteroatoms. The Morgan fingerprint density at radius 3 is 2.61 bits per heavy atom. The molecule has 4 atom stereocenters. The highest BCUT2D eigenvalue weighted by Crippen LogP contribution is 2.62. The number of methoxy groups -OCH3 is 2. The Hall–Kier alpha value is -2.58. The average Bonchev–Trinajstić information content (AvgIpc) is 3.19. The molecule has 5 rings (SSSR count). The lowest BCUT2D eigenvalue weighted by Crippen LogP contribution is -2.62. The monoisotopic (exact) mass is 388 g/mol. The zero-order chi connectivity index (χ0) is 19.7. The number of aromatic hydroxyl groups is 1. The first-order valence-electron chi connectivity index (χ1n) is 9.13. The maximum atomic E-state index is 13.1. The van der Waals surface area contributed by atoms with E-state index in [4.69, 9.17) is 23.7 Å². The first-order valence-corrected chi connectivity index (χ1v) is 9.13. The SMILES string of the molecule is COc1cc(C=C2C(=O)C3C[C@@]45CCO[C@@H]2[C@@]4(COC5=O)O3)cc(OC)c1O. The van der Waals surface area contributed by atoms with Gasteiger partial charge in [0.1, 0.15) is 29.8 Å². The lowest BCUT2D eigenvalue weighted by Gasteiger charge is -2.46. The minimum absolute atomic E-state index is 0.0832. The van der Waals surface area contributed by atoms with Crippen molar-refractivity contribution in [2.75, 3.05) is 27.4 Å². The number of cyclic esters (lactones) is 1. The number of carbonyl (C=O) groups excluding carboxylic acids is 2. The smallest absolute Gasteiger partial charge is 0.315 e. The van der Waals surface area contributed by atoms with Crippen LogP contribution >= 0.6 is 0 Å². The summed E-state index contributed by atoms with van der Waals surface area (Å²) in [6, 6.07) is 3.22. The topological polar surface area (TPSA) is 101 Å². The molecule has 0 saturated carbocycles. The van der Waals surface area contributed by atoms with E-state index in [-0.39, 0.29) is 35.6 Å². The van der Waals surface area contributed by atoms with E-state index < -0.39 is 23.2 Å². The number of carbonyl (C=O) groups is 2. The van der Waals surface area contributed by atoms with Crippen LogP contribution in [0, 0.1) is 5.41 Å². The van der Waals surface area contributed by atoms with E-state index in [1.165, 1.54) is 14.2 Å². The summed E-state index contributed by atoms with van der Waals surface area (Å²) in [5, 5.41) is 10.1. The van der Waals surface area contributed by atoms with E-state index in [0.717, 1.165) is 0 Å². The number of rotatable bonds is 3. The molecule has 0 amide bonds. The Labute approximate surface area is 161 Å².